The van der Waals surface area contributed by atoms with Crippen molar-refractivity contribution in [3.8, 4) is 11.5 Å². The van der Waals surface area contributed by atoms with Crippen LogP contribution in [0.4, 0.5) is 0 Å². The number of amides is 4. The van der Waals surface area contributed by atoms with Crippen LogP contribution in [0, 0.1) is 5.92 Å². The molecule has 2 aliphatic rings. The monoisotopic (exact) mass is 566 g/mol. The molecule has 12 nitrogen and oxygen atoms in total. The highest BCUT2D eigenvalue weighted by molar-refractivity contribution is 6.21. The van der Waals surface area contributed by atoms with Crippen molar-refractivity contribution in [2.45, 2.75) is 51.2 Å². The summed E-state index contributed by atoms with van der Waals surface area (Å²) in [5.41, 5.74) is 1.17. The average molecular weight is 567 g/mol. The van der Waals surface area contributed by atoms with Crippen molar-refractivity contribution in [3.05, 3.63) is 59.2 Å². The summed E-state index contributed by atoms with van der Waals surface area (Å²) >= 11 is 0. The predicted octanol–water partition coefficient (Wildman–Crippen LogP) is 1.33. The number of carbonyl (C=O) groups excluding carboxylic acids is 4. The first kappa shape index (κ1) is 29.5. The van der Waals surface area contributed by atoms with Crippen LogP contribution in [0.25, 0.3) is 0 Å². The molecule has 12 heteroatoms. The van der Waals surface area contributed by atoms with E-state index in [1.54, 1.807) is 0 Å². The largest absolute Gasteiger partial charge is 0.480 e. The number of imide groups is 1. The molecule has 0 aliphatic carbocycles. The maximum Gasteiger partial charge on any atom is 0.320 e. The third-order valence-electron chi connectivity index (χ3n) is 6.99. The van der Waals surface area contributed by atoms with Crippen molar-refractivity contribution in [2.24, 2.45) is 5.92 Å². The number of carboxylic acids is 1. The molecule has 2 aliphatic heterocycles. The number of benzene rings is 2. The van der Waals surface area contributed by atoms with Crippen LogP contribution in [0.1, 0.15) is 53.0 Å². The zero-order chi connectivity index (χ0) is 29.7. The first-order valence-corrected chi connectivity index (χ1v) is 13.4. The minimum absolute atomic E-state index is 0.00246. The van der Waals surface area contributed by atoms with Crippen molar-refractivity contribution in [2.75, 3.05) is 20.4 Å². The second kappa shape index (κ2) is 12.8. The van der Waals surface area contributed by atoms with E-state index in [1.165, 1.54) is 19.2 Å². The number of rotatable bonds is 13. The molecule has 0 fully saturated rings. The lowest BCUT2D eigenvalue weighted by Crippen LogP contribution is -2.56. The van der Waals surface area contributed by atoms with E-state index in [9.17, 15) is 29.1 Å². The van der Waals surface area contributed by atoms with Gasteiger partial charge in [0, 0.05) is 20.0 Å². The van der Waals surface area contributed by atoms with Crippen LogP contribution in [0.5, 0.6) is 11.5 Å². The van der Waals surface area contributed by atoms with Crippen LogP contribution in [0.2, 0.25) is 0 Å². The van der Waals surface area contributed by atoms with E-state index in [1.807, 2.05) is 44.2 Å². The second-order valence-corrected chi connectivity index (χ2v) is 10.4. The van der Waals surface area contributed by atoms with Gasteiger partial charge in [-0.1, -0.05) is 44.2 Å². The highest BCUT2D eigenvalue weighted by Crippen LogP contribution is 2.38. The van der Waals surface area contributed by atoms with Gasteiger partial charge in [0.05, 0.1) is 17.2 Å². The number of hydrogen-bond donors (Lipinski definition) is 4. The van der Waals surface area contributed by atoms with Gasteiger partial charge in [-0.2, -0.15) is 0 Å². The lowest BCUT2D eigenvalue weighted by molar-refractivity contribution is -0.140. The summed E-state index contributed by atoms with van der Waals surface area (Å²) in [5, 5.41) is 18.2. The molecule has 4 amide bonds. The van der Waals surface area contributed by atoms with Crippen molar-refractivity contribution >= 4 is 29.6 Å². The minimum Gasteiger partial charge on any atom is -0.480 e. The van der Waals surface area contributed by atoms with E-state index < -0.39 is 41.8 Å². The van der Waals surface area contributed by atoms with Gasteiger partial charge in [-0.25, -0.2) is 0 Å². The van der Waals surface area contributed by atoms with E-state index in [2.05, 4.69) is 16.0 Å². The Morgan fingerprint density at radius 1 is 0.927 bits per heavy atom. The number of carbonyl (C=O) groups is 5. The molecule has 218 valence electrons. The van der Waals surface area contributed by atoms with Crippen molar-refractivity contribution in [3.63, 3.8) is 0 Å². The van der Waals surface area contributed by atoms with Gasteiger partial charge >= 0.3 is 5.97 Å². The number of nitrogens with one attached hydrogen (secondary N) is 3. The number of nitrogens with zero attached hydrogens (tertiary/aromatic N) is 1. The number of hydrogen-bond acceptors (Lipinski definition) is 8. The maximum atomic E-state index is 13.4. The standard InChI is InChI=1S/C29H34N4O8/c1-16(2)11-21(26(35)32-22(25(34)30-3)12-17-7-5-4-6-8-17)31-20(29(38)39)9-10-33-27(36)18-13-23-24(41-15-40-23)14-19(18)28(33)37/h4-8,13-14,16,20-22,31H,9-12,15H2,1-3H3,(H,30,34)(H,32,35)(H,38,39)/t20-,21+,22+/m1/s1. The van der Waals surface area contributed by atoms with Crippen LogP contribution < -0.4 is 25.4 Å². The van der Waals surface area contributed by atoms with Gasteiger partial charge < -0.3 is 25.2 Å². The van der Waals surface area contributed by atoms with Gasteiger partial charge in [0.15, 0.2) is 11.5 Å². The Labute approximate surface area is 237 Å². The van der Waals surface area contributed by atoms with E-state index in [0.29, 0.717) is 17.9 Å². The van der Waals surface area contributed by atoms with Gasteiger partial charge in [0.25, 0.3) is 11.8 Å². The lowest BCUT2D eigenvalue weighted by Gasteiger charge is -2.27. The molecule has 0 radical (unpaired) electrons. The molecule has 2 aromatic rings. The molecule has 2 aromatic carbocycles. The molecule has 2 heterocycles. The van der Waals surface area contributed by atoms with Gasteiger partial charge in [-0.05, 0) is 36.5 Å². The zero-order valence-electron chi connectivity index (χ0n) is 23.1. The normalized spacial score (nSPS) is 15.9. The quantitative estimate of drug-likeness (QED) is 0.262. The molecule has 4 N–H and O–H groups in total. The SMILES string of the molecule is CNC(=O)[C@H](Cc1ccccc1)NC(=O)[C@H](CC(C)C)N[C@H](CCN1C(=O)c2cc3c(cc2C1=O)OCO3)C(=O)O. The molecular formula is C29H34N4O8. The maximum absolute atomic E-state index is 13.4. The molecule has 0 spiro atoms. The molecule has 4 rings (SSSR count). The van der Waals surface area contributed by atoms with Crippen LogP contribution in [0.15, 0.2) is 42.5 Å². The smallest absolute Gasteiger partial charge is 0.320 e. The molecule has 3 atom stereocenters. The molecular weight excluding hydrogens is 532 g/mol. The fraction of sp³-hybridized carbons (Fsp3) is 0.414. The Balaban J connectivity index is 1.44. The fourth-order valence-corrected chi connectivity index (χ4v) is 4.89. The number of likely N-dealkylation sites (N-methyl/N-ethyl adjacent to an activating group) is 1. The zero-order valence-corrected chi connectivity index (χ0v) is 23.1. The summed E-state index contributed by atoms with van der Waals surface area (Å²) in [5.74, 6) is -2.52. The topological polar surface area (TPSA) is 163 Å². The first-order chi connectivity index (χ1) is 19.6. The van der Waals surface area contributed by atoms with E-state index in [4.69, 9.17) is 9.47 Å². The number of ether oxygens (including phenoxy) is 2. The third-order valence-corrected chi connectivity index (χ3v) is 6.99. The molecule has 41 heavy (non-hydrogen) atoms. The molecule has 0 saturated carbocycles. The van der Waals surface area contributed by atoms with Crippen LogP contribution in [-0.2, 0) is 20.8 Å². The van der Waals surface area contributed by atoms with Crippen molar-refractivity contribution < 1.29 is 38.6 Å². The van der Waals surface area contributed by atoms with Crippen molar-refractivity contribution in [1.82, 2.24) is 20.9 Å². The van der Waals surface area contributed by atoms with Gasteiger partial charge in [-0.15, -0.1) is 0 Å². The van der Waals surface area contributed by atoms with Crippen molar-refractivity contribution in [1.29, 1.82) is 0 Å². The third kappa shape index (κ3) is 6.83. The fourth-order valence-electron chi connectivity index (χ4n) is 4.89. The highest BCUT2D eigenvalue weighted by atomic mass is 16.7. The van der Waals surface area contributed by atoms with Gasteiger partial charge in [-0.3, -0.25) is 34.2 Å². The molecule has 0 aromatic heterocycles. The Bertz CT molecular complexity index is 1290. The Hall–Kier alpha value is -4.45. The summed E-state index contributed by atoms with van der Waals surface area (Å²) in [4.78, 5) is 65.1. The summed E-state index contributed by atoms with van der Waals surface area (Å²) in [6.45, 7) is 3.59. The Morgan fingerprint density at radius 2 is 1.54 bits per heavy atom. The summed E-state index contributed by atoms with van der Waals surface area (Å²) in [6.07, 6.45) is 0.403. The number of aliphatic carboxylic acids is 1. The van der Waals surface area contributed by atoms with E-state index >= 15 is 0 Å². The van der Waals surface area contributed by atoms with Gasteiger partial charge in [0.2, 0.25) is 18.6 Å². The minimum atomic E-state index is -1.25. The summed E-state index contributed by atoms with van der Waals surface area (Å²) in [6, 6.07) is 9.04. The van der Waals surface area contributed by atoms with Crippen LogP contribution in [0.3, 0.4) is 0 Å². The number of carboxylic acid groups (broad SMARTS) is 1. The average Bonchev–Trinajstić information content (AvgIpc) is 3.50. The Morgan fingerprint density at radius 3 is 2.07 bits per heavy atom. The predicted molar refractivity (Wildman–Crippen MR) is 146 cm³/mol. The van der Waals surface area contributed by atoms with E-state index in [0.717, 1.165) is 10.5 Å². The molecule has 0 saturated heterocycles. The first-order valence-electron chi connectivity index (χ1n) is 13.4. The second-order valence-electron chi connectivity index (χ2n) is 10.4. The molecule has 0 bridgehead atoms. The lowest BCUT2D eigenvalue weighted by atomic mass is 10.00. The summed E-state index contributed by atoms with van der Waals surface area (Å²) < 4.78 is 10.6. The highest BCUT2D eigenvalue weighted by Gasteiger charge is 2.39. The van der Waals surface area contributed by atoms with Crippen LogP contribution in [-0.4, -0.2) is 78.1 Å². The number of fused-ring (bicyclic) bond motifs is 2. The molecule has 0 unspecified atom stereocenters. The van der Waals surface area contributed by atoms with E-state index in [-0.39, 0.29) is 49.1 Å². The van der Waals surface area contributed by atoms with Gasteiger partial charge in [0.1, 0.15) is 12.1 Å². The summed E-state index contributed by atoms with van der Waals surface area (Å²) in [7, 11) is 1.48. The Kier molecular flexibility index (Phi) is 9.23. The van der Waals surface area contributed by atoms with Crippen LogP contribution >= 0.6 is 0 Å².